The van der Waals surface area contributed by atoms with Gasteiger partial charge in [-0.3, -0.25) is 14.9 Å². The Morgan fingerprint density at radius 1 is 1.19 bits per heavy atom. The lowest BCUT2D eigenvalue weighted by molar-refractivity contribution is -0.384. The van der Waals surface area contributed by atoms with E-state index in [1.54, 1.807) is 48.2 Å². The standard InChI is InChI=1S/C19H19N3O5/c1-20(2)17-10-7-14(22(25)26)12-16(17)19(24)27-15-8-5-13(6-9-15)21-11-3-4-18(21)23/h5-10,12H,3-4,11H2,1-2H3. The lowest BCUT2D eigenvalue weighted by Gasteiger charge is -2.17. The van der Waals surface area contributed by atoms with Crippen molar-refractivity contribution in [3.63, 3.8) is 0 Å². The molecule has 0 spiro atoms. The number of rotatable bonds is 5. The third-order valence-electron chi connectivity index (χ3n) is 4.33. The number of hydrogen-bond acceptors (Lipinski definition) is 6. The molecule has 1 saturated heterocycles. The van der Waals surface area contributed by atoms with E-state index in [1.165, 1.54) is 18.2 Å². The average Bonchev–Trinajstić information content (AvgIpc) is 3.07. The zero-order valence-corrected chi connectivity index (χ0v) is 15.0. The van der Waals surface area contributed by atoms with E-state index in [9.17, 15) is 19.7 Å². The third-order valence-corrected chi connectivity index (χ3v) is 4.33. The van der Waals surface area contributed by atoms with Gasteiger partial charge >= 0.3 is 5.97 Å². The summed E-state index contributed by atoms with van der Waals surface area (Å²) in [5.74, 6) is -0.314. The highest BCUT2D eigenvalue weighted by molar-refractivity contribution is 5.98. The molecule has 1 fully saturated rings. The number of amides is 1. The van der Waals surface area contributed by atoms with Crippen LogP contribution in [0, 0.1) is 10.1 Å². The number of nitrogens with zero attached hydrogens (tertiary/aromatic N) is 3. The van der Waals surface area contributed by atoms with Crippen molar-refractivity contribution in [3.8, 4) is 5.75 Å². The van der Waals surface area contributed by atoms with Crippen LogP contribution in [0.2, 0.25) is 0 Å². The van der Waals surface area contributed by atoms with E-state index in [0.29, 0.717) is 24.4 Å². The summed E-state index contributed by atoms with van der Waals surface area (Å²) in [7, 11) is 3.47. The van der Waals surface area contributed by atoms with Crippen LogP contribution in [0.5, 0.6) is 5.75 Å². The molecule has 1 aliphatic heterocycles. The van der Waals surface area contributed by atoms with E-state index in [2.05, 4.69) is 0 Å². The number of nitro benzene ring substituents is 1. The molecular formula is C19H19N3O5. The number of carbonyl (C=O) groups is 2. The molecule has 0 radical (unpaired) electrons. The largest absolute Gasteiger partial charge is 0.423 e. The maximum Gasteiger partial charge on any atom is 0.345 e. The Bertz CT molecular complexity index is 893. The van der Waals surface area contributed by atoms with Crippen molar-refractivity contribution in [1.82, 2.24) is 0 Å². The van der Waals surface area contributed by atoms with Crippen LogP contribution >= 0.6 is 0 Å². The predicted molar refractivity (Wildman–Crippen MR) is 100 cm³/mol. The second-order valence-corrected chi connectivity index (χ2v) is 6.39. The number of carbonyl (C=O) groups excluding carboxylic acids is 2. The Morgan fingerprint density at radius 2 is 1.89 bits per heavy atom. The molecule has 0 bridgehead atoms. The molecule has 0 saturated carbocycles. The van der Waals surface area contributed by atoms with Gasteiger partial charge in [-0.1, -0.05) is 0 Å². The van der Waals surface area contributed by atoms with Gasteiger partial charge in [-0.15, -0.1) is 0 Å². The third kappa shape index (κ3) is 3.89. The molecule has 3 rings (SSSR count). The first-order valence-electron chi connectivity index (χ1n) is 8.45. The molecule has 27 heavy (non-hydrogen) atoms. The minimum absolute atomic E-state index is 0.0759. The molecule has 2 aromatic carbocycles. The van der Waals surface area contributed by atoms with Crippen molar-refractivity contribution in [2.45, 2.75) is 12.8 Å². The maximum absolute atomic E-state index is 12.6. The first-order valence-corrected chi connectivity index (χ1v) is 8.45. The number of ether oxygens (including phenoxy) is 1. The maximum atomic E-state index is 12.6. The fourth-order valence-electron chi connectivity index (χ4n) is 2.97. The number of benzene rings is 2. The van der Waals surface area contributed by atoms with Crippen LogP contribution in [0.15, 0.2) is 42.5 Å². The summed E-state index contributed by atoms with van der Waals surface area (Å²) in [5, 5.41) is 11.0. The van der Waals surface area contributed by atoms with Gasteiger partial charge in [0.25, 0.3) is 5.69 Å². The molecule has 140 valence electrons. The van der Waals surface area contributed by atoms with E-state index < -0.39 is 10.9 Å². The highest BCUT2D eigenvalue weighted by Crippen LogP contribution is 2.27. The summed E-state index contributed by atoms with van der Waals surface area (Å²) < 4.78 is 5.38. The first kappa shape index (κ1) is 18.4. The van der Waals surface area contributed by atoms with Crippen molar-refractivity contribution in [3.05, 3.63) is 58.1 Å². The number of anilines is 2. The summed E-state index contributed by atoms with van der Waals surface area (Å²) in [4.78, 5) is 38.2. The zero-order chi connectivity index (χ0) is 19.6. The molecule has 0 N–H and O–H groups in total. The monoisotopic (exact) mass is 369 g/mol. The van der Waals surface area contributed by atoms with E-state index in [-0.39, 0.29) is 17.2 Å². The average molecular weight is 369 g/mol. The molecule has 0 aromatic heterocycles. The van der Waals surface area contributed by atoms with Crippen LogP contribution in [0.1, 0.15) is 23.2 Å². The molecule has 8 heteroatoms. The van der Waals surface area contributed by atoms with Crippen LogP contribution in [0.25, 0.3) is 0 Å². The molecule has 1 aliphatic rings. The van der Waals surface area contributed by atoms with E-state index >= 15 is 0 Å². The Morgan fingerprint density at radius 3 is 2.44 bits per heavy atom. The van der Waals surface area contributed by atoms with Crippen LogP contribution in [-0.4, -0.2) is 37.4 Å². The SMILES string of the molecule is CN(C)c1ccc([N+](=O)[O-])cc1C(=O)Oc1ccc(N2CCCC2=O)cc1. The van der Waals surface area contributed by atoms with Crippen molar-refractivity contribution in [2.24, 2.45) is 0 Å². The minimum Gasteiger partial charge on any atom is -0.423 e. The number of esters is 1. The Balaban J connectivity index is 1.81. The molecular weight excluding hydrogens is 350 g/mol. The van der Waals surface area contributed by atoms with Crippen molar-refractivity contribution in [1.29, 1.82) is 0 Å². The topological polar surface area (TPSA) is 93.0 Å². The summed E-state index contributed by atoms with van der Waals surface area (Å²) in [6, 6.07) is 10.7. The van der Waals surface area contributed by atoms with E-state index in [1.807, 2.05) is 0 Å². The first-order chi connectivity index (χ1) is 12.9. The van der Waals surface area contributed by atoms with Gasteiger partial charge < -0.3 is 14.5 Å². The van der Waals surface area contributed by atoms with Gasteiger partial charge in [0.2, 0.25) is 5.91 Å². The van der Waals surface area contributed by atoms with E-state index in [4.69, 9.17) is 4.74 Å². The molecule has 0 unspecified atom stereocenters. The normalized spacial score (nSPS) is 13.6. The second-order valence-electron chi connectivity index (χ2n) is 6.39. The Hall–Kier alpha value is -3.42. The highest BCUT2D eigenvalue weighted by atomic mass is 16.6. The molecule has 1 amide bonds. The van der Waals surface area contributed by atoms with Gasteiger partial charge in [-0.25, -0.2) is 4.79 Å². The fourth-order valence-corrected chi connectivity index (χ4v) is 2.97. The van der Waals surface area contributed by atoms with Gasteiger partial charge in [-0.05, 0) is 36.8 Å². The quantitative estimate of drug-likeness (QED) is 0.348. The van der Waals surface area contributed by atoms with Gasteiger partial charge in [0.15, 0.2) is 0 Å². The lowest BCUT2D eigenvalue weighted by atomic mass is 10.1. The fraction of sp³-hybridized carbons (Fsp3) is 0.263. The van der Waals surface area contributed by atoms with Crippen LogP contribution in [-0.2, 0) is 4.79 Å². The molecule has 0 atom stereocenters. The summed E-state index contributed by atoms with van der Waals surface area (Å²) in [5.41, 5.74) is 1.19. The van der Waals surface area contributed by atoms with Gasteiger partial charge in [0.05, 0.1) is 16.2 Å². The molecule has 1 heterocycles. The Kier molecular flexibility index (Phi) is 5.07. The predicted octanol–water partition coefficient (Wildman–Crippen LogP) is 3.01. The molecule has 0 aliphatic carbocycles. The van der Waals surface area contributed by atoms with Crippen LogP contribution in [0.3, 0.4) is 0 Å². The smallest absolute Gasteiger partial charge is 0.345 e. The summed E-state index contributed by atoms with van der Waals surface area (Å²) in [6.07, 6.45) is 1.37. The number of nitro groups is 1. The molecule has 2 aromatic rings. The van der Waals surface area contributed by atoms with Crippen molar-refractivity contribution >= 4 is 28.9 Å². The van der Waals surface area contributed by atoms with Crippen LogP contribution < -0.4 is 14.5 Å². The van der Waals surface area contributed by atoms with E-state index in [0.717, 1.165) is 12.1 Å². The van der Waals surface area contributed by atoms with Crippen LogP contribution in [0.4, 0.5) is 17.1 Å². The Labute approximate surface area is 156 Å². The number of non-ortho nitro benzene ring substituents is 1. The minimum atomic E-state index is -0.688. The van der Waals surface area contributed by atoms with Gasteiger partial charge in [0.1, 0.15) is 5.75 Å². The summed E-state index contributed by atoms with van der Waals surface area (Å²) in [6.45, 7) is 0.678. The van der Waals surface area contributed by atoms with Gasteiger partial charge in [0, 0.05) is 44.9 Å². The number of hydrogen-bond donors (Lipinski definition) is 0. The molecule has 8 nitrogen and oxygen atoms in total. The zero-order valence-electron chi connectivity index (χ0n) is 15.0. The van der Waals surface area contributed by atoms with Crippen molar-refractivity contribution < 1.29 is 19.2 Å². The second kappa shape index (κ2) is 7.45. The highest BCUT2D eigenvalue weighted by Gasteiger charge is 2.22. The summed E-state index contributed by atoms with van der Waals surface area (Å²) >= 11 is 0. The van der Waals surface area contributed by atoms with Crippen molar-refractivity contribution in [2.75, 3.05) is 30.4 Å². The van der Waals surface area contributed by atoms with Gasteiger partial charge in [-0.2, -0.15) is 0 Å². The lowest BCUT2D eigenvalue weighted by Crippen LogP contribution is -2.23.